The Hall–Kier alpha value is -4.53. The van der Waals surface area contributed by atoms with Crippen molar-refractivity contribution < 1.29 is 18.5 Å². The Morgan fingerprint density at radius 3 is 2.44 bits per heavy atom. The molecule has 1 aliphatic rings. The second-order valence-corrected chi connectivity index (χ2v) is 8.58. The summed E-state index contributed by atoms with van der Waals surface area (Å²) in [5, 5.41) is 9.50. The third-order valence-electron chi connectivity index (χ3n) is 6.00. The smallest absolute Gasteiger partial charge is 0.323 e. The third-order valence-corrected chi connectivity index (χ3v) is 6.00. The van der Waals surface area contributed by atoms with Gasteiger partial charge in [-0.25, -0.2) is 9.18 Å². The fraction of sp³-hybridized carbons (Fsp3) is 0.185. The minimum Gasteiger partial charge on any atom is -0.339 e. The van der Waals surface area contributed by atoms with Crippen LogP contribution < -0.4 is 10.6 Å². The number of amides is 3. The summed E-state index contributed by atoms with van der Waals surface area (Å²) >= 11 is 0. The number of carbonyl (C=O) groups excluding carboxylic acids is 2. The SMILES string of the molecule is O=C(Nc1ccccc1)Nc1ccc(C(=O)N2CCCC(c3nc(-c4cccc(F)c4)no3)C2)cc1. The Kier molecular flexibility index (Phi) is 6.70. The number of hydrogen-bond donors (Lipinski definition) is 2. The second-order valence-electron chi connectivity index (χ2n) is 8.58. The highest BCUT2D eigenvalue weighted by molar-refractivity contribution is 6.00. The standard InChI is InChI=1S/C27H24FN5O3/c28-21-8-4-6-19(16-21)24-31-25(36-32-24)20-7-5-15-33(17-20)26(34)18-11-13-23(14-12-18)30-27(35)29-22-9-2-1-3-10-22/h1-4,6,8-14,16,20H,5,7,15,17H2,(H2,29,30,35). The van der Waals surface area contributed by atoms with Gasteiger partial charge in [0.1, 0.15) is 5.82 Å². The Morgan fingerprint density at radius 2 is 1.69 bits per heavy atom. The van der Waals surface area contributed by atoms with Gasteiger partial charge in [-0.05, 0) is 61.4 Å². The molecule has 3 amide bonds. The van der Waals surface area contributed by atoms with Crippen LogP contribution in [0.4, 0.5) is 20.6 Å². The summed E-state index contributed by atoms with van der Waals surface area (Å²) in [7, 11) is 0. The van der Waals surface area contributed by atoms with E-state index in [4.69, 9.17) is 4.52 Å². The summed E-state index contributed by atoms with van der Waals surface area (Å²) in [5.74, 6) is 0.194. The van der Waals surface area contributed by atoms with Crippen molar-refractivity contribution in [2.24, 2.45) is 0 Å². The lowest BCUT2D eigenvalue weighted by atomic mass is 9.97. The average Bonchev–Trinajstić information content (AvgIpc) is 3.40. The van der Waals surface area contributed by atoms with Gasteiger partial charge in [0.25, 0.3) is 5.91 Å². The highest BCUT2D eigenvalue weighted by Crippen LogP contribution is 2.28. The molecule has 1 aromatic heterocycles. The van der Waals surface area contributed by atoms with E-state index in [2.05, 4.69) is 20.8 Å². The molecule has 2 N–H and O–H groups in total. The normalized spacial score (nSPS) is 15.4. The first kappa shape index (κ1) is 23.2. The number of urea groups is 1. The van der Waals surface area contributed by atoms with E-state index in [0.29, 0.717) is 47.3 Å². The first-order chi connectivity index (χ1) is 17.5. The van der Waals surface area contributed by atoms with Gasteiger partial charge in [0.05, 0.1) is 5.92 Å². The van der Waals surface area contributed by atoms with Crippen LogP contribution in [0.25, 0.3) is 11.4 Å². The summed E-state index contributed by atoms with van der Waals surface area (Å²) in [6.07, 6.45) is 1.61. The van der Waals surface area contributed by atoms with Crippen molar-refractivity contribution in [1.82, 2.24) is 15.0 Å². The van der Waals surface area contributed by atoms with E-state index in [1.54, 1.807) is 53.4 Å². The van der Waals surface area contributed by atoms with Crippen LogP contribution in [0.1, 0.15) is 35.0 Å². The molecule has 3 aromatic carbocycles. The van der Waals surface area contributed by atoms with Gasteiger partial charge in [-0.15, -0.1) is 0 Å². The number of anilines is 2. The van der Waals surface area contributed by atoms with E-state index in [9.17, 15) is 14.0 Å². The topological polar surface area (TPSA) is 100 Å². The fourth-order valence-corrected chi connectivity index (χ4v) is 4.20. The second kappa shape index (κ2) is 10.4. The molecule has 0 aliphatic carbocycles. The lowest BCUT2D eigenvalue weighted by molar-refractivity contribution is 0.0695. The van der Waals surface area contributed by atoms with Gasteiger partial charge in [-0.2, -0.15) is 4.98 Å². The van der Waals surface area contributed by atoms with Crippen molar-refractivity contribution in [3.8, 4) is 11.4 Å². The number of likely N-dealkylation sites (tertiary alicyclic amines) is 1. The largest absolute Gasteiger partial charge is 0.339 e. The molecule has 0 radical (unpaired) electrons. The van der Waals surface area contributed by atoms with E-state index in [1.807, 2.05) is 18.2 Å². The van der Waals surface area contributed by atoms with Crippen molar-refractivity contribution in [2.45, 2.75) is 18.8 Å². The van der Waals surface area contributed by atoms with Crippen molar-refractivity contribution in [2.75, 3.05) is 23.7 Å². The zero-order chi connectivity index (χ0) is 24.9. The number of nitrogens with one attached hydrogen (secondary N) is 2. The first-order valence-corrected chi connectivity index (χ1v) is 11.7. The van der Waals surface area contributed by atoms with Gasteiger partial charge in [0.15, 0.2) is 0 Å². The van der Waals surface area contributed by atoms with Crippen LogP contribution in [0.5, 0.6) is 0 Å². The van der Waals surface area contributed by atoms with Gasteiger partial charge in [0, 0.05) is 35.6 Å². The highest BCUT2D eigenvalue weighted by Gasteiger charge is 2.29. The summed E-state index contributed by atoms with van der Waals surface area (Å²) in [6, 6.07) is 21.6. The van der Waals surface area contributed by atoms with E-state index >= 15 is 0 Å². The highest BCUT2D eigenvalue weighted by atomic mass is 19.1. The Balaban J connectivity index is 1.20. The monoisotopic (exact) mass is 485 g/mol. The maximum Gasteiger partial charge on any atom is 0.323 e. The van der Waals surface area contributed by atoms with Gasteiger partial charge < -0.3 is 20.1 Å². The molecule has 1 unspecified atom stereocenters. The molecule has 5 rings (SSSR count). The number of para-hydroxylation sites is 1. The predicted molar refractivity (Wildman–Crippen MR) is 133 cm³/mol. The van der Waals surface area contributed by atoms with Crippen LogP contribution in [0.15, 0.2) is 83.4 Å². The number of carbonyl (C=O) groups is 2. The van der Waals surface area contributed by atoms with Gasteiger partial charge in [0.2, 0.25) is 11.7 Å². The molecular formula is C27H24FN5O3. The third kappa shape index (κ3) is 5.41. The Bertz CT molecular complexity index is 1360. The van der Waals surface area contributed by atoms with Crippen LogP contribution >= 0.6 is 0 Å². The number of aromatic nitrogens is 2. The molecule has 182 valence electrons. The Morgan fingerprint density at radius 1 is 0.944 bits per heavy atom. The number of rotatable bonds is 5. The number of benzene rings is 3. The van der Waals surface area contributed by atoms with Crippen molar-refractivity contribution in [1.29, 1.82) is 0 Å². The number of piperidine rings is 1. The van der Waals surface area contributed by atoms with Gasteiger partial charge in [-0.3, -0.25) is 4.79 Å². The average molecular weight is 486 g/mol. The zero-order valence-corrected chi connectivity index (χ0v) is 19.4. The van der Waals surface area contributed by atoms with Gasteiger partial charge in [-0.1, -0.05) is 35.5 Å². The van der Waals surface area contributed by atoms with Crippen LogP contribution in [0.2, 0.25) is 0 Å². The Labute approximate surface area is 207 Å². The van der Waals surface area contributed by atoms with E-state index in [1.165, 1.54) is 12.1 Å². The summed E-state index contributed by atoms with van der Waals surface area (Å²) in [4.78, 5) is 31.5. The maximum atomic E-state index is 13.5. The molecule has 2 heterocycles. The molecular weight excluding hydrogens is 461 g/mol. The van der Waals surface area contributed by atoms with Crippen LogP contribution in [-0.2, 0) is 0 Å². The quantitative estimate of drug-likeness (QED) is 0.387. The van der Waals surface area contributed by atoms with Crippen molar-refractivity contribution in [3.63, 3.8) is 0 Å². The number of halogens is 1. The van der Waals surface area contributed by atoms with Crippen molar-refractivity contribution in [3.05, 3.63) is 96.1 Å². The zero-order valence-electron chi connectivity index (χ0n) is 19.4. The minimum atomic E-state index is -0.369. The summed E-state index contributed by atoms with van der Waals surface area (Å²) in [5.41, 5.74) is 2.33. The molecule has 1 saturated heterocycles. The molecule has 1 atom stereocenters. The molecule has 9 heteroatoms. The minimum absolute atomic E-state index is 0.0971. The van der Waals surface area contributed by atoms with Gasteiger partial charge >= 0.3 is 6.03 Å². The van der Waals surface area contributed by atoms with E-state index in [-0.39, 0.29) is 23.7 Å². The summed E-state index contributed by atoms with van der Waals surface area (Å²) < 4.78 is 19.0. The van der Waals surface area contributed by atoms with Crippen LogP contribution in [0.3, 0.4) is 0 Å². The van der Waals surface area contributed by atoms with Crippen LogP contribution in [-0.4, -0.2) is 40.1 Å². The van der Waals surface area contributed by atoms with Crippen LogP contribution in [0, 0.1) is 5.82 Å². The molecule has 1 aliphatic heterocycles. The lowest BCUT2D eigenvalue weighted by Crippen LogP contribution is -2.39. The van der Waals surface area contributed by atoms with E-state index in [0.717, 1.165) is 12.8 Å². The molecule has 0 bridgehead atoms. The van der Waals surface area contributed by atoms with E-state index < -0.39 is 0 Å². The molecule has 8 nitrogen and oxygen atoms in total. The molecule has 36 heavy (non-hydrogen) atoms. The van der Waals surface area contributed by atoms with Crippen molar-refractivity contribution >= 4 is 23.3 Å². The molecule has 0 saturated carbocycles. The first-order valence-electron chi connectivity index (χ1n) is 11.7. The summed E-state index contributed by atoms with van der Waals surface area (Å²) in [6.45, 7) is 1.07. The lowest BCUT2D eigenvalue weighted by Gasteiger charge is -2.31. The molecule has 0 spiro atoms. The number of hydrogen-bond acceptors (Lipinski definition) is 5. The molecule has 4 aromatic rings. The number of nitrogens with zero attached hydrogens (tertiary/aromatic N) is 3. The predicted octanol–water partition coefficient (Wildman–Crippen LogP) is 5.54. The fourth-order valence-electron chi connectivity index (χ4n) is 4.20. The maximum absolute atomic E-state index is 13.5. The molecule has 1 fully saturated rings.